The van der Waals surface area contributed by atoms with Gasteiger partial charge in [0.05, 0.1) is 24.9 Å². The fourth-order valence-corrected chi connectivity index (χ4v) is 2.66. The number of carbonyl (C=O) groups excluding carboxylic acids is 1. The van der Waals surface area contributed by atoms with E-state index in [9.17, 15) is 4.79 Å². The lowest BCUT2D eigenvalue weighted by atomic mass is 10.2. The van der Waals surface area contributed by atoms with Gasteiger partial charge in [-0.2, -0.15) is 0 Å². The van der Waals surface area contributed by atoms with Crippen LogP contribution in [0.25, 0.3) is 22.4 Å². The summed E-state index contributed by atoms with van der Waals surface area (Å²) in [7, 11) is 0. The number of oxazole rings is 1. The van der Waals surface area contributed by atoms with Crippen LogP contribution in [0, 0.1) is 6.92 Å². The highest BCUT2D eigenvalue weighted by molar-refractivity contribution is 5.91. The number of pyridine rings is 2. The van der Waals surface area contributed by atoms with Gasteiger partial charge in [0.15, 0.2) is 11.7 Å². The number of carbonyl (C=O) groups is 1. The van der Waals surface area contributed by atoms with Crippen LogP contribution >= 0.6 is 0 Å². The first-order valence-corrected chi connectivity index (χ1v) is 8.02. The van der Waals surface area contributed by atoms with E-state index < -0.39 is 0 Å². The molecule has 0 aliphatic carbocycles. The van der Waals surface area contributed by atoms with Crippen molar-refractivity contribution in [2.24, 2.45) is 0 Å². The summed E-state index contributed by atoms with van der Waals surface area (Å²) in [5.74, 6) is 1.66. The number of ether oxygens (including phenoxy) is 1. The molecule has 4 rings (SSSR count). The highest BCUT2D eigenvalue weighted by atomic mass is 16.5. The molecule has 3 aromatic heterocycles. The molecule has 0 saturated carbocycles. The van der Waals surface area contributed by atoms with Crippen LogP contribution in [0.15, 0.2) is 35.0 Å². The monoisotopic (exact) mass is 339 g/mol. The quantitative estimate of drug-likeness (QED) is 0.771. The largest absolute Gasteiger partial charge is 0.439 e. The Labute approximate surface area is 143 Å². The highest BCUT2D eigenvalue weighted by Gasteiger charge is 2.17. The molecule has 0 radical (unpaired) electrons. The van der Waals surface area contributed by atoms with E-state index in [0.29, 0.717) is 49.5 Å². The van der Waals surface area contributed by atoms with E-state index in [4.69, 9.17) is 9.15 Å². The van der Waals surface area contributed by atoms with Crippen molar-refractivity contribution in [1.82, 2.24) is 19.9 Å². The zero-order valence-electron chi connectivity index (χ0n) is 13.7. The molecular formula is C17H17N5O3. The molecule has 0 bridgehead atoms. The van der Waals surface area contributed by atoms with Crippen molar-refractivity contribution in [3.63, 3.8) is 0 Å². The lowest BCUT2D eigenvalue weighted by molar-refractivity contribution is 0.0564. The zero-order valence-corrected chi connectivity index (χ0v) is 13.7. The first-order valence-electron chi connectivity index (χ1n) is 8.02. The Kier molecular flexibility index (Phi) is 4.02. The Hall–Kier alpha value is -3.00. The zero-order chi connectivity index (χ0) is 17.2. The van der Waals surface area contributed by atoms with E-state index >= 15 is 0 Å². The number of amides is 2. The first-order chi connectivity index (χ1) is 12.2. The van der Waals surface area contributed by atoms with Gasteiger partial charge >= 0.3 is 6.03 Å². The molecule has 1 N–H and O–H groups in total. The van der Waals surface area contributed by atoms with Crippen molar-refractivity contribution in [2.75, 3.05) is 31.6 Å². The molecule has 8 nitrogen and oxygen atoms in total. The van der Waals surface area contributed by atoms with Crippen molar-refractivity contribution in [2.45, 2.75) is 6.92 Å². The minimum absolute atomic E-state index is 0.183. The minimum atomic E-state index is -0.183. The van der Waals surface area contributed by atoms with E-state index in [2.05, 4.69) is 20.3 Å². The van der Waals surface area contributed by atoms with Gasteiger partial charge in [-0.15, -0.1) is 0 Å². The van der Waals surface area contributed by atoms with Crippen molar-refractivity contribution in [1.29, 1.82) is 0 Å². The van der Waals surface area contributed by atoms with Gasteiger partial charge in [0.1, 0.15) is 11.5 Å². The Bertz CT molecular complexity index is 918. The van der Waals surface area contributed by atoms with Crippen molar-refractivity contribution >= 4 is 22.8 Å². The number of hydrogen-bond donors (Lipinski definition) is 1. The van der Waals surface area contributed by atoms with Crippen molar-refractivity contribution in [3.05, 3.63) is 36.5 Å². The van der Waals surface area contributed by atoms with Gasteiger partial charge in [0.25, 0.3) is 0 Å². The number of rotatable bonds is 2. The van der Waals surface area contributed by atoms with E-state index in [1.54, 1.807) is 30.3 Å². The molecule has 1 aliphatic heterocycles. The normalized spacial score (nSPS) is 14.7. The van der Waals surface area contributed by atoms with Gasteiger partial charge in [0, 0.05) is 37.7 Å². The highest BCUT2D eigenvalue weighted by Crippen LogP contribution is 2.22. The van der Waals surface area contributed by atoms with Crippen molar-refractivity contribution in [3.8, 4) is 11.5 Å². The lowest BCUT2D eigenvalue weighted by Gasteiger charge is -2.26. The summed E-state index contributed by atoms with van der Waals surface area (Å²) >= 11 is 0. The number of aromatic nitrogens is 3. The summed E-state index contributed by atoms with van der Waals surface area (Å²) in [6.07, 6.45) is 3.33. The standard InChI is InChI=1S/C17H17N5O3/c1-11-18-10-15(25-11)13-3-2-12-9-19-16(8-14(12)20-13)21-17(23)22-4-6-24-7-5-22/h2-3,8-10H,4-7H2,1H3,(H,19,21,23). The fraction of sp³-hybridized carbons (Fsp3) is 0.294. The van der Waals surface area contributed by atoms with Gasteiger partial charge in [-0.25, -0.2) is 19.7 Å². The second-order valence-corrected chi connectivity index (χ2v) is 5.73. The molecule has 1 fully saturated rings. The van der Waals surface area contributed by atoms with E-state index in [1.165, 1.54) is 0 Å². The van der Waals surface area contributed by atoms with Crippen LogP contribution in [0.4, 0.5) is 10.6 Å². The summed E-state index contributed by atoms with van der Waals surface area (Å²) in [5.41, 5.74) is 1.41. The van der Waals surface area contributed by atoms with Gasteiger partial charge < -0.3 is 14.1 Å². The maximum Gasteiger partial charge on any atom is 0.323 e. The van der Waals surface area contributed by atoms with Crippen LogP contribution in [0.5, 0.6) is 0 Å². The summed E-state index contributed by atoms with van der Waals surface area (Å²) in [4.78, 5) is 26.9. The third kappa shape index (κ3) is 3.29. The Morgan fingerprint density at radius 3 is 2.80 bits per heavy atom. The smallest absolute Gasteiger partial charge is 0.323 e. The van der Waals surface area contributed by atoms with Crippen molar-refractivity contribution < 1.29 is 13.9 Å². The average molecular weight is 339 g/mol. The van der Waals surface area contributed by atoms with Gasteiger partial charge in [0.2, 0.25) is 0 Å². The predicted molar refractivity (Wildman–Crippen MR) is 91.2 cm³/mol. The third-order valence-corrected chi connectivity index (χ3v) is 3.98. The first kappa shape index (κ1) is 15.5. The number of urea groups is 1. The van der Waals surface area contributed by atoms with E-state index in [1.807, 2.05) is 12.1 Å². The number of nitrogens with zero attached hydrogens (tertiary/aromatic N) is 4. The topological polar surface area (TPSA) is 93.4 Å². The summed E-state index contributed by atoms with van der Waals surface area (Å²) in [6.45, 7) is 4.05. The molecule has 1 aliphatic rings. The van der Waals surface area contributed by atoms with E-state index in [-0.39, 0.29) is 6.03 Å². The number of nitrogens with one attached hydrogen (secondary N) is 1. The number of aryl methyl sites for hydroxylation is 1. The average Bonchev–Trinajstić information content (AvgIpc) is 3.08. The molecule has 0 spiro atoms. The molecule has 4 heterocycles. The predicted octanol–water partition coefficient (Wildman–Crippen LogP) is 2.46. The SMILES string of the molecule is Cc1ncc(-c2ccc3cnc(NC(=O)N4CCOCC4)cc3n2)o1. The molecule has 3 aromatic rings. The summed E-state index contributed by atoms with van der Waals surface area (Å²) in [6, 6.07) is 5.34. The van der Waals surface area contributed by atoms with Gasteiger partial charge in [-0.1, -0.05) is 0 Å². The summed E-state index contributed by atoms with van der Waals surface area (Å²) < 4.78 is 10.8. The molecule has 128 valence electrons. The number of fused-ring (bicyclic) bond motifs is 1. The molecule has 0 aromatic carbocycles. The number of hydrogen-bond acceptors (Lipinski definition) is 6. The third-order valence-electron chi connectivity index (χ3n) is 3.98. The van der Waals surface area contributed by atoms with Crippen LogP contribution in [0.1, 0.15) is 5.89 Å². The molecular weight excluding hydrogens is 322 g/mol. The molecule has 2 amide bonds. The Morgan fingerprint density at radius 2 is 2.04 bits per heavy atom. The second-order valence-electron chi connectivity index (χ2n) is 5.73. The summed E-state index contributed by atoms with van der Waals surface area (Å²) in [5, 5.41) is 3.69. The minimum Gasteiger partial charge on any atom is -0.439 e. The lowest BCUT2D eigenvalue weighted by Crippen LogP contribution is -2.43. The fourth-order valence-electron chi connectivity index (χ4n) is 2.66. The number of anilines is 1. The van der Waals surface area contributed by atoms with E-state index in [0.717, 1.165) is 10.9 Å². The maximum atomic E-state index is 12.3. The molecule has 25 heavy (non-hydrogen) atoms. The Balaban J connectivity index is 1.59. The Morgan fingerprint density at radius 1 is 1.20 bits per heavy atom. The van der Waals surface area contributed by atoms with Crippen LogP contribution in [0.3, 0.4) is 0 Å². The maximum absolute atomic E-state index is 12.3. The second kappa shape index (κ2) is 6.48. The van der Waals surface area contributed by atoms with Crippen LogP contribution in [-0.4, -0.2) is 52.2 Å². The van der Waals surface area contributed by atoms with Crippen LogP contribution in [-0.2, 0) is 4.74 Å². The van der Waals surface area contributed by atoms with Gasteiger partial charge in [-0.3, -0.25) is 5.32 Å². The molecule has 1 saturated heterocycles. The number of morpholine rings is 1. The van der Waals surface area contributed by atoms with Crippen LogP contribution in [0.2, 0.25) is 0 Å². The van der Waals surface area contributed by atoms with Gasteiger partial charge in [-0.05, 0) is 12.1 Å². The molecule has 0 atom stereocenters. The van der Waals surface area contributed by atoms with Crippen LogP contribution < -0.4 is 5.32 Å². The molecule has 8 heteroatoms. The molecule has 0 unspecified atom stereocenters.